The molecule has 1 atom stereocenters. The quantitative estimate of drug-likeness (QED) is 0.773. The number of carbonyl (C=O) groups is 1. The first kappa shape index (κ1) is 14.6. The summed E-state index contributed by atoms with van der Waals surface area (Å²) in [7, 11) is 2.05. The zero-order valence-electron chi connectivity index (χ0n) is 11.2. The number of likely N-dealkylation sites (tertiary alicyclic amines) is 2. The van der Waals surface area contributed by atoms with Gasteiger partial charge in [-0.3, -0.25) is 4.79 Å². The Morgan fingerprint density at radius 2 is 1.79 bits per heavy atom. The zero-order valence-corrected chi connectivity index (χ0v) is 11.2. The summed E-state index contributed by atoms with van der Waals surface area (Å²) in [4.78, 5) is 15.5. The fourth-order valence-corrected chi connectivity index (χ4v) is 3.28. The van der Waals surface area contributed by atoms with E-state index in [4.69, 9.17) is 0 Å². The summed E-state index contributed by atoms with van der Waals surface area (Å²) < 4.78 is 37.0. The van der Waals surface area contributed by atoms with E-state index in [9.17, 15) is 18.0 Å². The standard InChI is InChI=1S/C13H21F3N2O/c1-17-7-4-10(5-8-17)11-3-2-6-18(11)12(19)9-13(14,15)16/h10-11H,2-9H2,1H3. The van der Waals surface area contributed by atoms with Gasteiger partial charge in [0.25, 0.3) is 0 Å². The van der Waals surface area contributed by atoms with Gasteiger partial charge >= 0.3 is 6.18 Å². The van der Waals surface area contributed by atoms with Gasteiger partial charge in [0, 0.05) is 12.6 Å². The second-order valence-corrected chi connectivity index (χ2v) is 5.73. The van der Waals surface area contributed by atoms with Crippen LogP contribution in [0.25, 0.3) is 0 Å². The molecule has 2 aliphatic heterocycles. The van der Waals surface area contributed by atoms with Crippen LogP contribution in [-0.4, -0.2) is 54.6 Å². The summed E-state index contributed by atoms with van der Waals surface area (Å²) in [5, 5.41) is 0. The van der Waals surface area contributed by atoms with Gasteiger partial charge in [0.05, 0.1) is 0 Å². The van der Waals surface area contributed by atoms with Crippen molar-refractivity contribution >= 4 is 5.91 Å². The summed E-state index contributed by atoms with van der Waals surface area (Å²) in [5.74, 6) is -0.371. The molecule has 2 fully saturated rings. The summed E-state index contributed by atoms with van der Waals surface area (Å²) >= 11 is 0. The number of amides is 1. The van der Waals surface area contributed by atoms with E-state index < -0.39 is 18.5 Å². The molecule has 1 unspecified atom stereocenters. The van der Waals surface area contributed by atoms with E-state index in [0.717, 1.165) is 38.8 Å². The van der Waals surface area contributed by atoms with E-state index >= 15 is 0 Å². The summed E-state index contributed by atoms with van der Waals surface area (Å²) in [6.07, 6.45) is -2.04. The molecule has 19 heavy (non-hydrogen) atoms. The van der Waals surface area contributed by atoms with Crippen molar-refractivity contribution in [1.29, 1.82) is 0 Å². The molecule has 6 heteroatoms. The zero-order chi connectivity index (χ0) is 14.0. The molecule has 0 aliphatic carbocycles. The molecule has 1 amide bonds. The van der Waals surface area contributed by atoms with E-state index in [2.05, 4.69) is 11.9 Å². The first-order valence-corrected chi connectivity index (χ1v) is 6.91. The Labute approximate surface area is 111 Å². The average Bonchev–Trinajstić information content (AvgIpc) is 2.76. The van der Waals surface area contributed by atoms with Crippen molar-refractivity contribution in [3.8, 4) is 0 Å². The molecule has 2 aliphatic rings. The molecule has 0 spiro atoms. The van der Waals surface area contributed by atoms with Crippen LogP contribution in [0.15, 0.2) is 0 Å². The van der Waals surface area contributed by atoms with E-state index in [1.807, 2.05) is 0 Å². The number of piperidine rings is 1. The van der Waals surface area contributed by atoms with Gasteiger partial charge in [0.2, 0.25) is 5.91 Å². The number of rotatable bonds is 2. The highest BCUT2D eigenvalue weighted by atomic mass is 19.4. The van der Waals surface area contributed by atoms with Crippen LogP contribution in [0, 0.1) is 5.92 Å². The number of carbonyl (C=O) groups excluding carboxylic acids is 1. The average molecular weight is 278 g/mol. The molecule has 2 rings (SSSR count). The highest BCUT2D eigenvalue weighted by Gasteiger charge is 2.40. The van der Waals surface area contributed by atoms with Crippen LogP contribution in [-0.2, 0) is 4.79 Å². The SMILES string of the molecule is CN1CCC(C2CCCN2C(=O)CC(F)(F)F)CC1. The molecule has 3 nitrogen and oxygen atoms in total. The molecule has 0 bridgehead atoms. The molecular formula is C13H21F3N2O. The van der Waals surface area contributed by atoms with Gasteiger partial charge < -0.3 is 9.80 Å². The minimum atomic E-state index is -4.39. The minimum absolute atomic E-state index is 0.0311. The Morgan fingerprint density at radius 1 is 1.16 bits per heavy atom. The lowest BCUT2D eigenvalue weighted by atomic mass is 9.88. The fraction of sp³-hybridized carbons (Fsp3) is 0.923. The normalized spacial score (nSPS) is 26.9. The van der Waals surface area contributed by atoms with Gasteiger partial charge in [-0.05, 0) is 51.7 Å². The Hall–Kier alpha value is -0.780. The van der Waals surface area contributed by atoms with Crippen LogP contribution in [0.2, 0.25) is 0 Å². The maximum absolute atomic E-state index is 12.3. The van der Waals surface area contributed by atoms with Crippen molar-refractivity contribution in [2.75, 3.05) is 26.7 Å². The molecular weight excluding hydrogens is 257 g/mol. The van der Waals surface area contributed by atoms with Crippen LogP contribution in [0.3, 0.4) is 0 Å². The lowest BCUT2D eigenvalue weighted by Crippen LogP contribution is -2.45. The van der Waals surface area contributed by atoms with E-state index in [0.29, 0.717) is 12.5 Å². The van der Waals surface area contributed by atoms with Gasteiger partial charge in [0.1, 0.15) is 6.42 Å². The molecule has 110 valence electrons. The fourth-order valence-electron chi connectivity index (χ4n) is 3.28. The summed E-state index contributed by atoms with van der Waals surface area (Å²) in [6.45, 7) is 2.44. The number of hydrogen-bond donors (Lipinski definition) is 0. The maximum Gasteiger partial charge on any atom is 0.397 e. The summed E-state index contributed by atoms with van der Waals surface area (Å²) in [5.41, 5.74) is 0. The molecule has 0 saturated carbocycles. The topological polar surface area (TPSA) is 23.6 Å². The first-order valence-electron chi connectivity index (χ1n) is 6.91. The number of alkyl halides is 3. The van der Waals surface area contributed by atoms with Crippen molar-refractivity contribution in [3.63, 3.8) is 0 Å². The van der Waals surface area contributed by atoms with E-state index in [-0.39, 0.29) is 6.04 Å². The van der Waals surface area contributed by atoms with Crippen LogP contribution in [0.1, 0.15) is 32.1 Å². The second-order valence-electron chi connectivity index (χ2n) is 5.73. The van der Waals surface area contributed by atoms with Crippen molar-refractivity contribution in [3.05, 3.63) is 0 Å². The van der Waals surface area contributed by atoms with Crippen LogP contribution in [0.4, 0.5) is 13.2 Å². The van der Waals surface area contributed by atoms with Crippen molar-refractivity contribution in [2.45, 2.75) is 44.3 Å². The van der Waals surface area contributed by atoms with Crippen LogP contribution < -0.4 is 0 Å². The van der Waals surface area contributed by atoms with Gasteiger partial charge in [-0.25, -0.2) is 0 Å². The third kappa shape index (κ3) is 3.84. The largest absolute Gasteiger partial charge is 0.397 e. The number of hydrogen-bond acceptors (Lipinski definition) is 2. The first-order chi connectivity index (χ1) is 8.87. The summed E-state index contributed by atoms with van der Waals surface area (Å²) in [6, 6.07) is 0.0311. The van der Waals surface area contributed by atoms with E-state index in [1.165, 1.54) is 4.90 Å². The van der Waals surface area contributed by atoms with Gasteiger partial charge in [-0.2, -0.15) is 13.2 Å². The third-order valence-electron chi connectivity index (χ3n) is 4.28. The second kappa shape index (κ2) is 5.69. The molecule has 0 N–H and O–H groups in total. The van der Waals surface area contributed by atoms with Crippen LogP contribution in [0.5, 0.6) is 0 Å². The smallest absolute Gasteiger partial charge is 0.339 e. The third-order valence-corrected chi connectivity index (χ3v) is 4.28. The predicted molar refractivity (Wildman–Crippen MR) is 65.6 cm³/mol. The number of halogens is 3. The molecule has 0 aromatic rings. The monoisotopic (exact) mass is 278 g/mol. The molecule has 2 saturated heterocycles. The van der Waals surface area contributed by atoms with Gasteiger partial charge in [-0.1, -0.05) is 0 Å². The van der Waals surface area contributed by atoms with Crippen molar-refractivity contribution < 1.29 is 18.0 Å². The van der Waals surface area contributed by atoms with Gasteiger partial charge in [-0.15, -0.1) is 0 Å². The van der Waals surface area contributed by atoms with Crippen molar-refractivity contribution in [2.24, 2.45) is 5.92 Å². The van der Waals surface area contributed by atoms with Crippen molar-refractivity contribution in [1.82, 2.24) is 9.80 Å². The lowest BCUT2D eigenvalue weighted by molar-refractivity contribution is -0.162. The molecule has 0 aromatic carbocycles. The Bertz CT molecular complexity index is 324. The predicted octanol–water partition coefficient (Wildman–Crippen LogP) is 2.27. The maximum atomic E-state index is 12.3. The Balaban J connectivity index is 1.95. The van der Waals surface area contributed by atoms with E-state index in [1.54, 1.807) is 0 Å². The highest BCUT2D eigenvalue weighted by Crippen LogP contribution is 2.32. The van der Waals surface area contributed by atoms with Crippen LogP contribution >= 0.6 is 0 Å². The number of nitrogens with zero attached hydrogens (tertiary/aromatic N) is 2. The molecule has 2 heterocycles. The highest BCUT2D eigenvalue weighted by molar-refractivity contribution is 5.77. The van der Waals surface area contributed by atoms with Gasteiger partial charge in [0.15, 0.2) is 0 Å². The molecule has 0 aromatic heterocycles. The lowest BCUT2D eigenvalue weighted by Gasteiger charge is -2.37. The Morgan fingerprint density at radius 3 is 2.37 bits per heavy atom. The Kier molecular flexibility index (Phi) is 4.38. The molecule has 0 radical (unpaired) electrons. The minimum Gasteiger partial charge on any atom is -0.339 e.